The maximum atomic E-state index is 12.7. The van der Waals surface area contributed by atoms with E-state index < -0.39 is 6.10 Å². The van der Waals surface area contributed by atoms with Crippen LogP contribution in [-0.4, -0.2) is 37.2 Å². The van der Waals surface area contributed by atoms with Gasteiger partial charge in [-0.2, -0.15) is 0 Å². The van der Waals surface area contributed by atoms with Crippen molar-refractivity contribution in [1.82, 2.24) is 0 Å². The van der Waals surface area contributed by atoms with E-state index in [0.29, 0.717) is 19.3 Å². The normalized spacial score (nSPS) is 12.5. The summed E-state index contributed by atoms with van der Waals surface area (Å²) in [6, 6.07) is 0. The minimum atomic E-state index is -0.791. The molecule has 0 radical (unpaired) electrons. The summed E-state index contributed by atoms with van der Waals surface area (Å²) in [7, 11) is 0. The predicted molar refractivity (Wildman–Crippen MR) is 251 cm³/mol. The van der Waals surface area contributed by atoms with E-state index >= 15 is 0 Å². The minimum Gasteiger partial charge on any atom is -0.462 e. The predicted octanol–water partition coefficient (Wildman–Crippen LogP) is 16.1. The Kier molecular flexibility index (Phi) is 45.4. The van der Waals surface area contributed by atoms with E-state index in [-0.39, 0.29) is 37.5 Å². The van der Waals surface area contributed by atoms with E-state index in [0.717, 1.165) is 64.2 Å². The van der Waals surface area contributed by atoms with E-state index in [4.69, 9.17) is 14.2 Å². The average molecular weight is 825 g/mol. The number of ether oxygens (including phenoxy) is 3. The fraction of sp³-hybridized carbons (Fsp3) is 0.755. The maximum absolute atomic E-state index is 12.7. The third-order valence-corrected chi connectivity index (χ3v) is 10.7. The largest absolute Gasteiger partial charge is 0.462 e. The Labute approximate surface area is 364 Å². The van der Waals surface area contributed by atoms with Gasteiger partial charge in [-0.1, -0.05) is 242 Å². The molecule has 0 aliphatic rings. The third kappa shape index (κ3) is 46.0. The first-order chi connectivity index (χ1) is 29.0. The van der Waals surface area contributed by atoms with E-state index in [2.05, 4.69) is 32.9 Å². The Morgan fingerprint density at radius 2 is 0.661 bits per heavy atom. The second-order valence-electron chi connectivity index (χ2n) is 16.5. The summed E-state index contributed by atoms with van der Waals surface area (Å²) in [4.78, 5) is 37.8. The van der Waals surface area contributed by atoms with Crippen LogP contribution in [0.15, 0.2) is 60.8 Å². The molecular weight excluding hydrogens is 733 g/mol. The summed E-state index contributed by atoms with van der Waals surface area (Å²) in [5.41, 5.74) is 0. The Hall–Kier alpha value is -2.89. The molecule has 0 spiro atoms. The second kappa shape index (κ2) is 47.8. The van der Waals surface area contributed by atoms with E-state index in [1.165, 1.54) is 128 Å². The Morgan fingerprint density at radius 3 is 1.03 bits per heavy atom. The summed E-state index contributed by atoms with van der Waals surface area (Å²) < 4.78 is 16.7. The molecule has 0 aromatic carbocycles. The molecule has 59 heavy (non-hydrogen) atoms. The number of carbonyl (C=O) groups is 3. The van der Waals surface area contributed by atoms with Crippen LogP contribution in [0.1, 0.15) is 239 Å². The smallest absolute Gasteiger partial charge is 0.306 e. The van der Waals surface area contributed by atoms with Crippen LogP contribution in [0.2, 0.25) is 0 Å². The van der Waals surface area contributed by atoms with Crippen molar-refractivity contribution in [3.63, 3.8) is 0 Å². The van der Waals surface area contributed by atoms with Gasteiger partial charge in [0.2, 0.25) is 0 Å². The number of esters is 3. The van der Waals surface area contributed by atoms with Gasteiger partial charge in [0, 0.05) is 19.3 Å². The minimum absolute atomic E-state index is 0.0886. The van der Waals surface area contributed by atoms with Gasteiger partial charge >= 0.3 is 17.9 Å². The van der Waals surface area contributed by atoms with Crippen molar-refractivity contribution in [2.75, 3.05) is 13.2 Å². The van der Waals surface area contributed by atoms with E-state index in [9.17, 15) is 14.4 Å². The molecule has 0 fully saturated rings. The van der Waals surface area contributed by atoms with Crippen LogP contribution in [0.4, 0.5) is 0 Å². The fourth-order valence-corrected chi connectivity index (χ4v) is 6.93. The molecule has 0 saturated carbocycles. The summed E-state index contributed by atoms with van der Waals surface area (Å²) in [5, 5.41) is 0. The molecule has 1 atom stereocenters. The van der Waals surface area contributed by atoms with Crippen molar-refractivity contribution in [1.29, 1.82) is 0 Å². The Bertz CT molecular complexity index is 1090. The number of allylic oxidation sites excluding steroid dienone is 10. The van der Waals surface area contributed by atoms with Gasteiger partial charge in [-0.15, -0.1) is 0 Å². The zero-order valence-corrected chi connectivity index (χ0v) is 38.8. The maximum Gasteiger partial charge on any atom is 0.306 e. The lowest BCUT2D eigenvalue weighted by molar-refractivity contribution is -0.167. The Balaban J connectivity index is 4.41. The van der Waals surface area contributed by atoms with Crippen LogP contribution in [-0.2, 0) is 28.6 Å². The quantitative estimate of drug-likeness (QED) is 0.0263. The zero-order chi connectivity index (χ0) is 43.0. The molecule has 6 heteroatoms. The van der Waals surface area contributed by atoms with Gasteiger partial charge in [0.15, 0.2) is 6.10 Å². The highest BCUT2D eigenvalue weighted by atomic mass is 16.6. The van der Waals surface area contributed by atoms with Gasteiger partial charge in [0.05, 0.1) is 0 Å². The first kappa shape index (κ1) is 56.1. The number of hydrogen-bond acceptors (Lipinski definition) is 6. The molecule has 0 aliphatic carbocycles. The van der Waals surface area contributed by atoms with Crippen molar-refractivity contribution in [2.24, 2.45) is 0 Å². The first-order valence-electron chi connectivity index (χ1n) is 24.9. The molecule has 0 N–H and O–H groups in total. The van der Waals surface area contributed by atoms with Gasteiger partial charge in [-0.05, 0) is 38.5 Å². The monoisotopic (exact) mass is 825 g/mol. The lowest BCUT2D eigenvalue weighted by Crippen LogP contribution is -2.30. The topological polar surface area (TPSA) is 78.9 Å². The van der Waals surface area contributed by atoms with Crippen LogP contribution in [0.5, 0.6) is 0 Å². The van der Waals surface area contributed by atoms with Gasteiger partial charge in [0.1, 0.15) is 13.2 Å². The summed E-state index contributed by atoms with van der Waals surface area (Å²) in [6.07, 6.45) is 57.7. The van der Waals surface area contributed by atoms with Crippen LogP contribution in [0, 0.1) is 0 Å². The van der Waals surface area contributed by atoms with Crippen molar-refractivity contribution in [2.45, 2.75) is 245 Å². The highest BCUT2D eigenvalue weighted by Crippen LogP contribution is 2.15. The Morgan fingerprint density at radius 1 is 0.356 bits per heavy atom. The van der Waals surface area contributed by atoms with Crippen LogP contribution in [0.3, 0.4) is 0 Å². The van der Waals surface area contributed by atoms with Gasteiger partial charge in [-0.25, -0.2) is 0 Å². The van der Waals surface area contributed by atoms with Crippen molar-refractivity contribution < 1.29 is 28.6 Å². The highest BCUT2D eigenvalue weighted by molar-refractivity contribution is 5.71. The van der Waals surface area contributed by atoms with Gasteiger partial charge < -0.3 is 14.2 Å². The number of unbranched alkanes of at least 4 members (excludes halogenated alkanes) is 27. The van der Waals surface area contributed by atoms with Crippen LogP contribution in [0.25, 0.3) is 0 Å². The number of hydrogen-bond donors (Lipinski definition) is 0. The van der Waals surface area contributed by atoms with Crippen LogP contribution >= 0.6 is 0 Å². The molecule has 0 aromatic rings. The van der Waals surface area contributed by atoms with Gasteiger partial charge in [0.25, 0.3) is 0 Å². The molecule has 0 saturated heterocycles. The molecule has 0 aromatic heterocycles. The van der Waals surface area contributed by atoms with Crippen molar-refractivity contribution in [3.8, 4) is 0 Å². The summed E-state index contributed by atoms with van der Waals surface area (Å²) >= 11 is 0. The summed E-state index contributed by atoms with van der Waals surface area (Å²) in [6.45, 7) is 6.45. The molecule has 6 nitrogen and oxygen atoms in total. The highest BCUT2D eigenvalue weighted by Gasteiger charge is 2.19. The SMILES string of the molecule is CC\C=C/C=C\C=C/C=C\C=C/CCCCCC(=O)OC(COC(=O)CCCCCCCCCCCC)COC(=O)CCCCCCCCCCCCCCCCCC. The molecule has 0 aliphatic heterocycles. The zero-order valence-electron chi connectivity index (χ0n) is 38.8. The third-order valence-electron chi connectivity index (χ3n) is 10.7. The molecule has 0 rings (SSSR count). The van der Waals surface area contributed by atoms with E-state index in [1.807, 2.05) is 48.6 Å². The summed E-state index contributed by atoms with van der Waals surface area (Å²) in [5.74, 6) is -0.927. The van der Waals surface area contributed by atoms with E-state index in [1.54, 1.807) is 0 Å². The first-order valence-corrected chi connectivity index (χ1v) is 24.9. The molecule has 0 amide bonds. The second-order valence-corrected chi connectivity index (χ2v) is 16.5. The molecule has 0 bridgehead atoms. The molecule has 340 valence electrons. The lowest BCUT2D eigenvalue weighted by Gasteiger charge is -2.18. The van der Waals surface area contributed by atoms with Gasteiger partial charge in [-0.3, -0.25) is 14.4 Å². The molecule has 0 heterocycles. The van der Waals surface area contributed by atoms with Crippen LogP contribution < -0.4 is 0 Å². The van der Waals surface area contributed by atoms with Crippen molar-refractivity contribution in [3.05, 3.63) is 60.8 Å². The molecule has 1 unspecified atom stereocenters. The average Bonchev–Trinajstić information content (AvgIpc) is 3.23. The van der Waals surface area contributed by atoms with Crippen molar-refractivity contribution >= 4 is 17.9 Å². The number of rotatable bonds is 44. The lowest BCUT2D eigenvalue weighted by atomic mass is 10.0. The molecular formula is C53H92O6. The number of carbonyl (C=O) groups excluding carboxylic acids is 3. The fourth-order valence-electron chi connectivity index (χ4n) is 6.93. The standard InChI is InChI=1S/C53H92O6/c1-4-7-10-13-16-19-22-24-26-28-29-31-34-37-40-43-46-52(55)58-49-50(48-57-51(54)45-42-39-36-33-21-18-15-12-9-6-3)59-53(56)47-44-41-38-35-32-30-27-25-23-20-17-14-11-8-5-2/h8,11,14,17,20,23,25,27,30,32,50H,4-7,9-10,12-13,15-16,18-19,21-22,24,26,28-29,31,33-49H2,1-3H3/b11-8-,17-14-,23-20-,27-25-,32-30-.